The van der Waals surface area contributed by atoms with Gasteiger partial charge >= 0.3 is 5.97 Å². The lowest BCUT2D eigenvalue weighted by Gasteiger charge is -2.10. The van der Waals surface area contributed by atoms with Crippen molar-refractivity contribution >= 4 is 22.8 Å². The van der Waals surface area contributed by atoms with Gasteiger partial charge in [0, 0.05) is 5.39 Å². The molecule has 126 valence electrons. The van der Waals surface area contributed by atoms with Crippen molar-refractivity contribution in [2.24, 2.45) is 5.73 Å². The largest absolute Gasteiger partial charge is 0.472 e. The maximum absolute atomic E-state index is 11.7. The number of ether oxygens (including phenoxy) is 2. The van der Waals surface area contributed by atoms with Crippen LogP contribution in [0.5, 0.6) is 5.88 Å². The first-order valence-electron chi connectivity index (χ1n) is 7.58. The summed E-state index contributed by atoms with van der Waals surface area (Å²) < 4.78 is 10.3. The van der Waals surface area contributed by atoms with Crippen LogP contribution in [-0.4, -0.2) is 24.0 Å². The summed E-state index contributed by atoms with van der Waals surface area (Å²) in [6.07, 6.45) is 0. The first-order valence-corrected chi connectivity index (χ1v) is 7.58. The molecule has 1 amide bonds. The van der Waals surface area contributed by atoms with Gasteiger partial charge in [-0.3, -0.25) is 4.79 Å². The highest BCUT2D eigenvalue weighted by molar-refractivity contribution is 5.98. The predicted octanol–water partition coefficient (Wildman–Crippen LogP) is 2.70. The van der Waals surface area contributed by atoms with E-state index in [9.17, 15) is 9.59 Å². The van der Waals surface area contributed by atoms with Gasteiger partial charge in [0.2, 0.25) is 5.88 Å². The maximum Gasteiger partial charge on any atom is 0.337 e. The summed E-state index contributed by atoms with van der Waals surface area (Å²) in [7, 11) is 1.33. The molecule has 3 rings (SSSR count). The van der Waals surface area contributed by atoms with Gasteiger partial charge in [-0.2, -0.15) is 0 Å². The normalized spacial score (nSPS) is 10.4. The standard InChI is InChI=1S/C19H16N2O4/c1-24-19(23)13-8-6-12(7-9-13)11-25-18-15(17(20)22)10-14-4-2-3-5-16(14)21-18/h2-10H,11H2,1H3,(H2,20,22). The molecule has 6 heteroatoms. The number of benzene rings is 2. The topological polar surface area (TPSA) is 91.5 Å². The Morgan fingerprint density at radius 2 is 1.80 bits per heavy atom. The predicted molar refractivity (Wildman–Crippen MR) is 92.4 cm³/mol. The van der Waals surface area contributed by atoms with E-state index in [0.29, 0.717) is 11.1 Å². The number of methoxy groups -OCH3 is 1. The van der Waals surface area contributed by atoms with Gasteiger partial charge in [0.05, 0.1) is 18.2 Å². The number of carbonyl (C=O) groups excluding carboxylic acids is 2. The van der Waals surface area contributed by atoms with Gasteiger partial charge in [0.15, 0.2) is 0 Å². The molecule has 25 heavy (non-hydrogen) atoms. The van der Waals surface area contributed by atoms with Crippen molar-refractivity contribution in [1.29, 1.82) is 0 Å². The Hall–Kier alpha value is -3.41. The molecule has 0 aliphatic carbocycles. The fourth-order valence-corrected chi connectivity index (χ4v) is 2.39. The zero-order valence-electron chi connectivity index (χ0n) is 13.6. The highest BCUT2D eigenvalue weighted by Gasteiger charge is 2.13. The fourth-order valence-electron chi connectivity index (χ4n) is 2.39. The minimum absolute atomic E-state index is 0.184. The highest BCUT2D eigenvalue weighted by atomic mass is 16.5. The van der Waals surface area contributed by atoms with Crippen molar-refractivity contribution in [1.82, 2.24) is 4.98 Å². The highest BCUT2D eigenvalue weighted by Crippen LogP contribution is 2.23. The summed E-state index contributed by atoms with van der Waals surface area (Å²) in [5.74, 6) is -0.822. The number of primary amides is 1. The number of hydrogen-bond acceptors (Lipinski definition) is 5. The Bertz CT molecular complexity index is 936. The van der Waals surface area contributed by atoms with Gasteiger partial charge < -0.3 is 15.2 Å². The molecule has 0 aliphatic rings. The molecular formula is C19H16N2O4. The molecule has 0 saturated carbocycles. The molecule has 3 aromatic rings. The van der Waals surface area contributed by atoms with Crippen LogP contribution in [0.3, 0.4) is 0 Å². The lowest BCUT2D eigenvalue weighted by molar-refractivity contribution is 0.0600. The third-order valence-corrected chi connectivity index (χ3v) is 3.71. The van der Waals surface area contributed by atoms with E-state index in [-0.39, 0.29) is 18.1 Å². The molecule has 0 radical (unpaired) electrons. The number of carbonyl (C=O) groups is 2. The average molecular weight is 336 g/mol. The number of aromatic nitrogens is 1. The number of amides is 1. The Balaban J connectivity index is 1.83. The lowest BCUT2D eigenvalue weighted by Crippen LogP contribution is -2.14. The van der Waals surface area contributed by atoms with Gasteiger partial charge in [-0.1, -0.05) is 30.3 Å². The molecule has 0 fully saturated rings. The number of hydrogen-bond donors (Lipinski definition) is 1. The number of nitrogens with zero attached hydrogens (tertiary/aromatic N) is 1. The van der Waals surface area contributed by atoms with Crippen molar-refractivity contribution in [3.05, 3.63) is 71.3 Å². The number of para-hydroxylation sites is 1. The van der Waals surface area contributed by atoms with Gasteiger partial charge in [-0.15, -0.1) is 0 Å². The maximum atomic E-state index is 11.7. The number of pyridine rings is 1. The van der Waals surface area contributed by atoms with E-state index in [1.807, 2.05) is 24.3 Å². The zero-order valence-corrected chi connectivity index (χ0v) is 13.6. The Labute approximate surface area is 144 Å². The van der Waals surface area contributed by atoms with Crippen LogP contribution >= 0.6 is 0 Å². The summed E-state index contributed by atoms with van der Waals surface area (Å²) >= 11 is 0. The van der Waals surface area contributed by atoms with Gasteiger partial charge in [0.25, 0.3) is 5.91 Å². The molecule has 2 N–H and O–H groups in total. The SMILES string of the molecule is COC(=O)c1ccc(COc2nc3ccccc3cc2C(N)=O)cc1. The monoisotopic (exact) mass is 336 g/mol. The summed E-state index contributed by atoms with van der Waals surface area (Å²) in [6.45, 7) is 0.188. The minimum Gasteiger partial charge on any atom is -0.472 e. The van der Waals surface area contributed by atoms with Crippen molar-refractivity contribution in [3.8, 4) is 5.88 Å². The number of nitrogens with two attached hydrogens (primary N) is 1. The number of esters is 1. The zero-order chi connectivity index (χ0) is 17.8. The fraction of sp³-hybridized carbons (Fsp3) is 0.105. The van der Waals surface area contributed by atoms with Crippen LogP contribution in [0.25, 0.3) is 10.9 Å². The van der Waals surface area contributed by atoms with Crippen LogP contribution in [0.15, 0.2) is 54.6 Å². The van der Waals surface area contributed by atoms with Crippen LogP contribution < -0.4 is 10.5 Å². The summed E-state index contributed by atoms with van der Waals surface area (Å²) in [5.41, 5.74) is 7.64. The summed E-state index contributed by atoms with van der Waals surface area (Å²) in [5, 5.41) is 0.811. The van der Waals surface area contributed by atoms with Gasteiger partial charge in [0.1, 0.15) is 12.2 Å². The van der Waals surface area contributed by atoms with E-state index in [1.54, 1.807) is 30.3 Å². The molecule has 0 spiro atoms. The molecule has 6 nitrogen and oxygen atoms in total. The number of fused-ring (bicyclic) bond motifs is 1. The lowest BCUT2D eigenvalue weighted by atomic mass is 10.1. The second-order valence-electron chi connectivity index (χ2n) is 5.38. The molecule has 0 saturated heterocycles. The van der Waals surface area contributed by atoms with E-state index in [4.69, 9.17) is 10.5 Å². The molecule has 2 aromatic carbocycles. The molecular weight excluding hydrogens is 320 g/mol. The molecule has 0 aliphatic heterocycles. The van der Waals surface area contributed by atoms with Crippen LogP contribution in [-0.2, 0) is 11.3 Å². The third-order valence-electron chi connectivity index (χ3n) is 3.71. The van der Waals surface area contributed by atoms with E-state index in [2.05, 4.69) is 9.72 Å². The van der Waals surface area contributed by atoms with E-state index < -0.39 is 11.9 Å². The van der Waals surface area contributed by atoms with E-state index in [1.165, 1.54) is 7.11 Å². The third kappa shape index (κ3) is 3.58. The Morgan fingerprint density at radius 1 is 1.08 bits per heavy atom. The van der Waals surface area contributed by atoms with Crippen LogP contribution in [0, 0.1) is 0 Å². The second kappa shape index (κ2) is 7.00. The van der Waals surface area contributed by atoms with Gasteiger partial charge in [-0.25, -0.2) is 9.78 Å². The summed E-state index contributed by atoms with van der Waals surface area (Å²) in [4.78, 5) is 27.5. The van der Waals surface area contributed by atoms with E-state index >= 15 is 0 Å². The Morgan fingerprint density at radius 3 is 2.48 bits per heavy atom. The first kappa shape index (κ1) is 16.4. The van der Waals surface area contributed by atoms with Crippen molar-refractivity contribution in [2.45, 2.75) is 6.61 Å². The van der Waals surface area contributed by atoms with Crippen LogP contribution in [0.2, 0.25) is 0 Å². The molecule has 0 atom stereocenters. The number of rotatable bonds is 5. The first-order chi connectivity index (χ1) is 12.1. The quantitative estimate of drug-likeness (QED) is 0.723. The van der Waals surface area contributed by atoms with Crippen molar-refractivity contribution in [2.75, 3.05) is 7.11 Å². The molecule has 0 unspecified atom stereocenters. The Kier molecular flexibility index (Phi) is 4.61. The minimum atomic E-state index is -0.603. The van der Waals surface area contributed by atoms with E-state index in [0.717, 1.165) is 10.9 Å². The second-order valence-corrected chi connectivity index (χ2v) is 5.38. The summed E-state index contributed by atoms with van der Waals surface area (Å²) in [6, 6.07) is 15.9. The van der Waals surface area contributed by atoms with Crippen LogP contribution in [0.1, 0.15) is 26.3 Å². The molecule has 1 aromatic heterocycles. The smallest absolute Gasteiger partial charge is 0.337 e. The van der Waals surface area contributed by atoms with Gasteiger partial charge in [-0.05, 0) is 29.8 Å². The average Bonchev–Trinajstić information content (AvgIpc) is 2.65. The van der Waals surface area contributed by atoms with Crippen LogP contribution in [0.4, 0.5) is 0 Å². The molecule has 1 heterocycles. The van der Waals surface area contributed by atoms with Crippen molar-refractivity contribution in [3.63, 3.8) is 0 Å². The molecule has 0 bridgehead atoms. The van der Waals surface area contributed by atoms with Crippen molar-refractivity contribution < 1.29 is 19.1 Å².